The minimum absolute atomic E-state index is 0. The molecule has 0 unspecified atom stereocenters. The number of guanidine groups is 1. The van der Waals surface area contributed by atoms with E-state index in [1.165, 1.54) is 11.1 Å². The van der Waals surface area contributed by atoms with E-state index < -0.39 is 0 Å². The van der Waals surface area contributed by atoms with Crippen molar-refractivity contribution in [2.24, 2.45) is 4.99 Å². The Hall–Kier alpha value is -2.20. The maximum absolute atomic E-state index is 5.67. The van der Waals surface area contributed by atoms with E-state index in [4.69, 9.17) is 18.9 Å². The van der Waals surface area contributed by atoms with Crippen LogP contribution < -0.4 is 24.8 Å². The van der Waals surface area contributed by atoms with E-state index in [0.29, 0.717) is 13.4 Å². The van der Waals surface area contributed by atoms with Crippen molar-refractivity contribution >= 4 is 29.9 Å². The fraction of sp³-hybridized carbons (Fsp3) is 0.480. The van der Waals surface area contributed by atoms with Crippen LogP contribution in [0.4, 0.5) is 0 Å². The molecule has 8 heteroatoms. The van der Waals surface area contributed by atoms with Crippen LogP contribution in [0.1, 0.15) is 30.9 Å². The molecule has 0 bridgehead atoms. The largest absolute Gasteiger partial charge is 0.494 e. The van der Waals surface area contributed by atoms with Crippen LogP contribution in [0.3, 0.4) is 0 Å². The molecule has 180 valence electrons. The minimum atomic E-state index is 0. The number of rotatable bonds is 8. The molecular weight excluding hydrogens is 533 g/mol. The lowest BCUT2D eigenvalue weighted by molar-refractivity contribution is 0.0513. The molecule has 4 rings (SSSR count). The Bertz CT molecular complexity index is 914. The topological polar surface area (TPSA) is 73.3 Å². The molecule has 7 nitrogen and oxygen atoms in total. The molecule has 0 aromatic heterocycles. The van der Waals surface area contributed by atoms with Crippen molar-refractivity contribution in [3.05, 3.63) is 53.6 Å². The Labute approximate surface area is 213 Å². The molecule has 0 radical (unpaired) electrons. The van der Waals surface area contributed by atoms with Gasteiger partial charge < -0.3 is 29.6 Å². The second-order valence-electron chi connectivity index (χ2n) is 8.14. The normalized spacial score (nSPS) is 16.6. The van der Waals surface area contributed by atoms with Gasteiger partial charge in [0, 0.05) is 38.8 Å². The van der Waals surface area contributed by atoms with Crippen LogP contribution in [0.5, 0.6) is 17.2 Å². The lowest BCUT2D eigenvalue weighted by atomic mass is 9.74. The fourth-order valence-electron chi connectivity index (χ4n) is 4.30. The molecule has 2 aromatic rings. The van der Waals surface area contributed by atoms with E-state index in [1.54, 1.807) is 0 Å². The Morgan fingerprint density at radius 2 is 1.79 bits per heavy atom. The van der Waals surface area contributed by atoms with Gasteiger partial charge in [0.15, 0.2) is 17.5 Å². The first-order valence-electron chi connectivity index (χ1n) is 11.4. The Morgan fingerprint density at radius 1 is 1.03 bits per heavy atom. The van der Waals surface area contributed by atoms with Crippen LogP contribution in [0.2, 0.25) is 0 Å². The Balaban J connectivity index is 0.00000306. The molecule has 1 saturated heterocycles. The molecule has 2 aliphatic heterocycles. The molecule has 0 saturated carbocycles. The Morgan fingerprint density at radius 3 is 2.52 bits per heavy atom. The number of nitrogens with one attached hydrogen (secondary N) is 2. The predicted octanol–water partition coefficient (Wildman–Crippen LogP) is 3.89. The van der Waals surface area contributed by atoms with Crippen molar-refractivity contribution in [2.45, 2.75) is 31.6 Å². The van der Waals surface area contributed by atoms with Gasteiger partial charge in [0.1, 0.15) is 5.75 Å². The van der Waals surface area contributed by atoms with Crippen LogP contribution in [-0.4, -0.2) is 52.7 Å². The average Bonchev–Trinajstić information content (AvgIpc) is 3.30. The average molecular weight is 567 g/mol. The summed E-state index contributed by atoms with van der Waals surface area (Å²) in [5.41, 5.74) is 2.53. The van der Waals surface area contributed by atoms with Gasteiger partial charge in [-0.05, 0) is 61.6 Å². The number of benzene rings is 2. The first-order valence-corrected chi connectivity index (χ1v) is 11.4. The number of aliphatic imine (C=N–C) groups is 1. The van der Waals surface area contributed by atoms with Crippen molar-refractivity contribution in [1.82, 2.24) is 10.6 Å². The summed E-state index contributed by atoms with van der Waals surface area (Å²) in [5, 5.41) is 6.99. The standard InChI is InChI=1S/C25H33N3O4.HI/c1-3-30-21-7-5-20(6-8-21)25(11-14-29-15-12-25)17-28-24(26-2)27-13-10-19-4-9-22-23(16-19)32-18-31-22;/h4-9,16H,3,10-15,17-18H2,1-2H3,(H2,26,27,28);1H. The maximum Gasteiger partial charge on any atom is 0.231 e. The number of halogens is 1. The van der Waals surface area contributed by atoms with Gasteiger partial charge in [-0.25, -0.2) is 0 Å². The Kier molecular flexibility index (Phi) is 9.49. The summed E-state index contributed by atoms with van der Waals surface area (Å²) in [4.78, 5) is 4.42. The van der Waals surface area contributed by atoms with Gasteiger partial charge in [0.25, 0.3) is 0 Å². The molecule has 2 heterocycles. The molecule has 2 aromatic carbocycles. The quantitative estimate of drug-likeness (QED) is 0.287. The monoisotopic (exact) mass is 567 g/mol. The van der Waals surface area contributed by atoms with E-state index in [1.807, 2.05) is 26.1 Å². The number of ether oxygens (including phenoxy) is 4. The zero-order chi connectivity index (χ0) is 22.2. The zero-order valence-electron chi connectivity index (χ0n) is 19.4. The summed E-state index contributed by atoms with van der Waals surface area (Å²) < 4.78 is 22.1. The molecule has 2 N–H and O–H groups in total. The maximum atomic E-state index is 5.67. The van der Waals surface area contributed by atoms with E-state index >= 15 is 0 Å². The van der Waals surface area contributed by atoms with Crippen LogP contribution >= 0.6 is 24.0 Å². The lowest BCUT2D eigenvalue weighted by Crippen LogP contribution is -2.48. The highest BCUT2D eigenvalue weighted by molar-refractivity contribution is 14.0. The second-order valence-corrected chi connectivity index (χ2v) is 8.14. The van der Waals surface area contributed by atoms with Crippen molar-refractivity contribution < 1.29 is 18.9 Å². The van der Waals surface area contributed by atoms with Crippen molar-refractivity contribution in [3.8, 4) is 17.2 Å². The van der Waals surface area contributed by atoms with Gasteiger partial charge in [-0.1, -0.05) is 18.2 Å². The molecule has 0 amide bonds. The van der Waals surface area contributed by atoms with Gasteiger partial charge >= 0.3 is 0 Å². The van der Waals surface area contributed by atoms with E-state index in [0.717, 1.165) is 68.8 Å². The second kappa shape index (κ2) is 12.3. The third kappa shape index (κ3) is 6.44. The number of fused-ring (bicyclic) bond motifs is 1. The van der Waals surface area contributed by atoms with Gasteiger partial charge in [0.2, 0.25) is 6.79 Å². The third-order valence-electron chi connectivity index (χ3n) is 6.19. The van der Waals surface area contributed by atoms with Crippen LogP contribution in [0.15, 0.2) is 47.5 Å². The SMILES string of the molecule is CCOc1ccc(C2(CNC(=NC)NCCc3ccc4c(c3)OCO4)CCOCC2)cc1.I. The summed E-state index contributed by atoms with van der Waals surface area (Å²) in [5.74, 6) is 3.35. The van der Waals surface area contributed by atoms with Crippen molar-refractivity contribution in [3.63, 3.8) is 0 Å². The first kappa shape index (κ1) is 25.4. The summed E-state index contributed by atoms with van der Waals surface area (Å²) in [6.45, 7) is 6.09. The first-order chi connectivity index (χ1) is 15.7. The van der Waals surface area contributed by atoms with Gasteiger partial charge in [0.05, 0.1) is 6.61 Å². The number of nitrogens with zero attached hydrogens (tertiary/aromatic N) is 1. The molecule has 0 aliphatic carbocycles. The summed E-state index contributed by atoms with van der Waals surface area (Å²) in [6, 6.07) is 14.6. The van der Waals surface area contributed by atoms with Crippen LogP contribution in [-0.2, 0) is 16.6 Å². The predicted molar refractivity (Wildman–Crippen MR) is 140 cm³/mol. The van der Waals surface area contributed by atoms with Gasteiger partial charge in [-0.15, -0.1) is 24.0 Å². The highest BCUT2D eigenvalue weighted by Crippen LogP contribution is 2.35. The van der Waals surface area contributed by atoms with E-state index in [2.05, 4.69) is 46.0 Å². The van der Waals surface area contributed by atoms with Crippen LogP contribution in [0.25, 0.3) is 0 Å². The van der Waals surface area contributed by atoms with Crippen molar-refractivity contribution in [1.29, 1.82) is 0 Å². The highest BCUT2D eigenvalue weighted by atomic mass is 127. The summed E-state index contributed by atoms with van der Waals surface area (Å²) in [6.07, 6.45) is 2.82. The molecule has 33 heavy (non-hydrogen) atoms. The minimum Gasteiger partial charge on any atom is -0.494 e. The van der Waals surface area contributed by atoms with Gasteiger partial charge in [-0.2, -0.15) is 0 Å². The molecular formula is C25H34IN3O4. The third-order valence-corrected chi connectivity index (χ3v) is 6.19. The molecule has 1 fully saturated rings. The smallest absolute Gasteiger partial charge is 0.231 e. The van der Waals surface area contributed by atoms with Crippen LogP contribution in [0, 0.1) is 0 Å². The number of hydrogen-bond donors (Lipinski definition) is 2. The number of hydrogen-bond acceptors (Lipinski definition) is 5. The molecule has 0 atom stereocenters. The van der Waals surface area contributed by atoms with E-state index in [-0.39, 0.29) is 29.4 Å². The van der Waals surface area contributed by atoms with Gasteiger partial charge in [-0.3, -0.25) is 4.99 Å². The summed E-state index contributed by atoms with van der Waals surface area (Å²) in [7, 11) is 1.81. The van der Waals surface area contributed by atoms with E-state index in [9.17, 15) is 0 Å². The molecule has 0 spiro atoms. The molecule has 2 aliphatic rings. The van der Waals surface area contributed by atoms with Crippen molar-refractivity contribution in [2.75, 3.05) is 46.8 Å². The summed E-state index contributed by atoms with van der Waals surface area (Å²) >= 11 is 0. The lowest BCUT2D eigenvalue weighted by Gasteiger charge is -2.38. The fourth-order valence-corrected chi connectivity index (χ4v) is 4.30. The highest BCUT2D eigenvalue weighted by Gasteiger charge is 2.34. The zero-order valence-corrected chi connectivity index (χ0v) is 21.7.